The molecule has 4 nitrogen and oxygen atoms in total. The van der Waals surface area contributed by atoms with Crippen LogP contribution >= 0.6 is 11.3 Å². The van der Waals surface area contributed by atoms with Gasteiger partial charge in [-0.1, -0.05) is 36.4 Å². The Kier molecular flexibility index (Phi) is 4.74. The predicted molar refractivity (Wildman–Crippen MR) is 103 cm³/mol. The van der Waals surface area contributed by atoms with Gasteiger partial charge in [-0.2, -0.15) is 13.2 Å². The summed E-state index contributed by atoms with van der Waals surface area (Å²) in [5, 5.41) is 3.93. The minimum Gasteiger partial charge on any atom is -0.324 e. The molecule has 0 unspecified atom stereocenters. The normalized spacial score (nSPS) is 16.9. The van der Waals surface area contributed by atoms with Crippen molar-refractivity contribution in [1.29, 1.82) is 0 Å². The lowest BCUT2D eigenvalue weighted by atomic mass is 9.87. The average molecular weight is 437 g/mol. The standard InChI is InChI=1S/C20H14F3NO3S2/c21-20(22,23)15-9-5-4-8-13(15)14-10-17(25)24-18-16(11-28-19(14)18)29(26,27)12-6-2-1-3-7-12/h1-9,11,14H,10H2,(H,24,25)/t14-/m1/s1. The Labute approximate surface area is 168 Å². The van der Waals surface area contributed by atoms with Crippen molar-refractivity contribution in [3.05, 3.63) is 76.0 Å². The van der Waals surface area contributed by atoms with Crippen LogP contribution in [0.5, 0.6) is 0 Å². The van der Waals surface area contributed by atoms with Crippen molar-refractivity contribution >= 4 is 32.8 Å². The van der Waals surface area contributed by atoms with E-state index >= 15 is 0 Å². The molecule has 0 aliphatic carbocycles. The molecule has 9 heteroatoms. The summed E-state index contributed by atoms with van der Waals surface area (Å²) in [5.41, 5.74) is -0.801. The first-order valence-electron chi connectivity index (χ1n) is 8.57. The highest BCUT2D eigenvalue weighted by Gasteiger charge is 2.39. The number of fused-ring (bicyclic) bond motifs is 1. The number of hydrogen-bond acceptors (Lipinski definition) is 4. The van der Waals surface area contributed by atoms with Crippen LogP contribution < -0.4 is 5.32 Å². The Morgan fingerprint density at radius 1 is 1.00 bits per heavy atom. The van der Waals surface area contributed by atoms with E-state index in [4.69, 9.17) is 0 Å². The fraction of sp³-hybridized carbons (Fsp3) is 0.150. The minimum atomic E-state index is -4.58. The monoisotopic (exact) mass is 437 g/mol. The molecule has 0 fully saturated rings. The number of nitrogens with one attached hydrogen (secondary N) is 1. The van der Waals surface area contributed by atoms with Crippen LogP contribution in [0.15, 0.2) is 69.8 Å². The first-order chi connectivity index (χ1) is 13.7. The van der Waals surface area contributed by atoms with Crippen molar-refractivity contribution in [2.24, 2.45) is 0 Å². The fourth-order valence-corrected chi connectivity index (χ4v) is 6.36. The number of benzene rings is 2. The van der Waals surface area contributed by atoms with Gasteiger partial charge >= 0.3 is 6.18 Å². The zero-order valence-corrected chi connectivity index (χ0v) is 16.4. The van der Waals surface area contributed by atoms with Gasteiger partial charge in [-0.15, -0.1) is 11.3 Å². The molecule has 1 amide bonds. The van der Waals surface area contributed by atoms with Gasteiger partial charge in [-0.3, -0.25) is 4.79 Å². The molecule has 3 aromatic rings. The maximum absolute atomic E-state index is 13.5. The molecular weight excluding hydrogens is 423 g/mol. The van der Waals surface area contributed by atoms with E-state index < -0.39 is 33.4 Å². The number of amides is 1. The second-order valence-corrected chi connectivity index (χ2v) is 9.37. The number of rotatable bonds is 3. The van der Waals surface area contributed by atoms with Crippen molar-refractivity contribution in [2.45, 2.75) is 28.3 Å². The quantitative estimate of drug-likeness (QED) is 0.622. The van der Waals surface area contributed by atoms with Crippen LogP contribution in [0.25, 0.3) is 0 Å². The molecule has 2 aromatic carbocycles. The summed E-state index contributed by atoms with van der Waals surface area (Å²) in [6.45, 7) is 0. The highest BCUT2D eigenvalue weighted by molar-refractivity contribution is 7.91. The van der Waals surface area contributed by atoms with Crippen LogP contribution in [-0.2, 0) is 20.8 Å². The Hall–Kier alpha value is -2.65. The van der Waals surface area contributed by atoms with Crippen LogP contribution in [0.1, 0.15) is 28.3 Å². The van der Waals surface area contributed by atoms with Crippen molar-refractivity contribution in [2.75, 3.05) is 5.32 Å². The third-order valence-electron chi connectivity index (χ3n) is 4.74. The molecule has 150 valence electrons. The third-order valence-corrected chi connectivity index (χ3v) is 7.78. The molecule has 4 rings (SSSR count). The largest absolute Gasteiger partial charge is 0.416 e. The van der Waals surface area contributed by atoms with Gasteiger partial charge in [0.25, 0.3) is 0 Å². The highest BCUT2D eigenvalue weighted by atomic mass is 32.2. The van der Waals surface area contributed by atoms with Crippen molar-refractivity contribution < 1.29 is 26.4 Å². The SMILES string of the molecule is O=C1C[C@H](c2ccccc2C(F)(F)F)c2scc(S(=O)(=O)c3ccccc3)c2N1. The molecule has 1 aromatic heterocycles. The van der Waals surface area contributed by atoms with Gasteiger partial charge in [0.1, 0.15) is 4.90 Å². The summed E-state index contributed by atoms with van der Waals surface area (Å²) >= 11 is 1.04. The van der Waals surface area contributed by atoms with Gasteiger partial charge in [-0.25, -0.2) is 8.42 Å². The van der Waals surface area contributed by atoms with Crippen LogP contribution in [-0.4, -0.2) is 14.3 Å². The van der Waals surface area contributed by atoms with Gasteiger partial charge in [-0.05, 0) is 23.8 Å². The van der Waals surface area contributed by atoms with Crippen molar-refractivity contribution in [1.82, 2.24) is 0 Å². The van der Waals surface area contributed by atoms with Crippen LogP contribution in [0.2, 0.25) is 0 Å². The number of carbonyl (C=O) groups is 1. The molecule has 1 aliphatic heterocycles. The van der Waals surface area contributed by atoms with E-state index in [0.29, 0.717) is 4.88 Å². The second kappa shape index (κ2) is 7.00. The first-order valence-corrected chi connectivity index (χ1v) is 10.9. The van der Waals surface area contributed by atoms with Gasteiger partial charge in [0.15, 0.2) is 0 Å². The Morgan fingerprint density at radius 2 is 1.66 bits per heavy atom. The van der Waals surface area contributed by atoms with Gasteiger partial charge in [0, 0.05) is 22.6 Å². The lowest BCUT2D eigenvalue weighted by molar-refractivity contribution is -0.138. The van der Waals surface area contributed by atoms with Crippen molar-refractivity contribution in [3.63, 3.8) is 0 Å². The van der Waals surface area contributed by atoms with Crippen LogP contribution in [0.3, 0.4) is 0 Å². The topological polar surface area (TPSA) is 63.2 Å². The number of halogens is 3. The maximum atomic E-state index is 13.5. The predicted octanol–water partition coefficient (Wildman–Crippen LogP) is 5.07. The van der Waals surface area contributed by atoms with Crippen LogP contribution in [0.4, 0.5) is 18.9 Å². The molecule has 1 atom stereocenters. The zero-order chi connectivity index (χ0) is 20.8. The van der Waals surface area contributed by atoms with Gasteiger partial charge < -0.3 is 5.32 Å². The number of hydrogen-bond donors (Lipinski definition) is 1. The number of anilines is 1. The third kappa shape index (κ3) is 3.44. The van der Waals surface area contributed by atoms with E-state index in [1.165, 1.54) is 35.7 Å². The zero-order valence-electron chi connectivity index (χ0n) is 14.7. The summed E-state index contributed by atoms with van der Waals surface area (Å²) in [6, 6.07) is 12.8. The second-order valence-electron chi connectivity index (χ2n) is 6.55. The van der Waals surface area contributed by atoms with Crippen molar-refractivity contribution in [3.8, 4) is 0 Å². The molecule has 0 radical (unpaired) electrons. The fourth-order valence-electron chi connectivity index (χ4n) is 3.44. The summed E-state index contributed by atoms with van der Waals surface area (Å²) in [7, 11) is -3.93. The van der Waals surface area contributed by atoms with Gasteiger partial charge in [0.05, 0.1) is 16.1 Å². The molecule has 1 aliphatic rings. The first kappa shape index (κ1) is 19.7. The molecular formula is C20H14F3NO3S2. The molecule has 2 heterocycles. The van der Waals surface area contributed by atoms with E-state index in [-0.39, 0.29) is 27.5 Å². The Morgan fingerprint density at radius 3 is 2.34 bits per heavy atom. The lowest BCUT2D eigenvalue weighted by Gasteiger charge is -2.26. The Balaban J connectivity index is 1.87. The summed E-state index contributed by atoms with van der Waals surface area (Å²) in [5.74, 6) is -1.40. The smallest absolute Gasteiger partial charge is 0.324 e. The molecule has 0 spiro atoms. The highest BCUT2D eigenvalue weighted by Crippen LogP contribution is 2.48. The van der Waals surface area contributed by atoms with E-state index in [2.05, 4.69) is 5.32 Å². The van der Waals surface area contributed by atoms with E-state index in [1.807, 2.05) is 0 Å². The maximum Gasteiger partial charge on any atom is 0.416 e. The van der Waals surface area contributed by atoms with E-state index in [1.54, 1.807) is 18.2 Å². The lowest BCUT2D eigenvalue weighted by Crippen LogP contribution is -2.25. The molecule has 1 N–H and O–H groups in total. The van der Waals surface area contributed by atoms with Gasteiger partial charge in [0.2, 0.25) is 15.7 Å². The number of alkyl halides is 3. The summed E-state index contributed by atoms with van der Waals surface area (Å²) in [4.78, 5) is 12.6. The molecule has 0 saturated heterocycles. The number of carbonyl (C=O) groups excluding carboxylic acids is 1. The summed E-state index contributed by atoms with van der Waals surface area (Å²) < 4.78 is 66.5. The average Bonchev–Trinajstić information content (AvgIpc) is 3.12. The number of thiophene rings is 1. The molecule has 0 bridgehead atoms. The Bertz CT molecular complexity index is 1190. The number of sulfone groups is 1. The molecule has 29 heavy (non-hydrogen) atoms. The molecule has 0 saturated carbocycles. The van der Waals surface area contributed by atoms with E-state index in [9.17, 15) is 26.4 Å². The summed E-state index contributed by atoms with van der Waals surface area (Å²) in [6.07, 6.45) is -4.77. The van der Waals surface area contributed by atoms with Crippen LogP contribution in [0, 0.1) is 0 Å². The van der Waals surface area contributed by atoms with E-state index in [0.717, 1.165) is 17.4 Å². The minimum absolute atomic E-state index is 0.0402.